The summed E-state index contributed by atoms with van der Waals surface area (Å²) in [6.45, 7) is 5.24. The van der Waals surface area contributed by atoms with Crippen molar-refractivity contribution in [1.82, 2.24) is 19.3 Å². The lowest BCUT2D eigenvalue weighted by atomic mass is 9.88. The largest absolute Gasteiger partial charge is 0.457 e. The summed E-state index contributed by atoms with van der Waals surface area (Å²) in [6.07, 6.45) is 5.30. The molecule has 3 aromatic heterocycles. The van der Waals surface area contributed by atoms with Crippen LogP contribution in [0.2, 0.25) is 0 Å². The van der Waals surface area contributed by atoms with Crippen molar-refractivity contribution in [2.24, 2.45) is 0 Å². The predicted molar refractivity (Wildman–Crippen MR) is 176 cm³/mol. The molecular weight excluding hydrogens is 566 g/mol. The van der Waals surface area contributed by atoms with Crippen molar-refractivity contribution in [2.45, 2.75) is 39.5 Å². The highest BCUT2D eigenvalue weighted by atomic mass is 19.1. The molecule has 0 spiro atoms. The van der Waals surface area contributed by atoms with Gasteiger partial charge in [0.2, 0.25) is 0 Å². The first kappa shape index (κ1) is 28.5. The van der Waals surface area contributed by atoms with Crippen molar-refractivity contribution in [3.05, 3.63) is 132 Å². The van der Waals surface area contributed by atoms with Gasteiger partial charge in [-0.1, -0.05) is 63.2 Å². The van der Waals surface area contributed by atoms with Crippen LogP contribution in [0.15, 0.2) is 116 Å². The first-order valence-electron chi connectivity index (χ1n) is 14.9. The third-order valence-electron chi connectivity index (χ3n) is 8.20. The van der Waals surface area contributed by atoms with Crippen LogP contribution >= 0.6 is 0 Å². The van der Waals surface area contributed by atoms with Crippen molar-refractivity contribution in [1.29, 1.82) is 0 Å². The molecule has 0 saturated carbocycles. The minimum atomic E-state index is -0.681. The SMILES string of the molecule is CC(C)(C)c1ccnc(-n2c3ccccc3c3ccc(Oc4cccc(-n5cc(-c6c(CF)cccc6CF)cn5)c4)cc32)c1. The maximum atomic E-state index is 13.8. The Hall–Kier alpha value is -5.30. The molecule has 0 N–H and O–H groups in total. The molecule has 7 rings (SSSR count). The Morgan fingerprint density at radius 1 is 0.733 bits per heavy atom. The fourth-order valence-corrected chi connectivity index (χ4v) is 5.93. The molecule has 0 aliphatic carbocycles. The summed E-state index contributed by atoms with van der Waals surface area (Å²) in [6, 6.07) is 31.3. The second-order valence-corrected chi connectivity index (χ2v) is 12.2. The summed E-state index contributed by atoms with van der Waals surface area (Å²) < 4.78 is 37.8. The van der Waals surface area contributed by atoms with Crippen LogP contribution in [0, 0.1) is 0 Å². The molecule has 0 aliphatic heterocycles. The van der Waals surface area contributed by atoms with Gasteiger partial charge < -0.3 is 4.74 Å². The number of hydrogen-bond donors (Lipinski definition) is 0. The van der Waals surface area contributed by atoms with E-state index >= 15 is 0 Å². The molecule has 0 saturated heterocycles. The van der Waals surface area contributed by atoms with E-state index in [1.165, 1.54) is 5.56 Å². The second-order valence-electron chi connectivity index (χ2n) is 12.2. The van der Waals surface area contributed by atoms with E-state index in [4.69, 9.17) is 9.72 Å². The molecule has 7 heteroatoms. The third-order valence-corrected chi connectivity index (χ3v) is 8.20. The Kier molecular flexibility index (Phi) is 7.16. The number of fused-ring (bicyclic) bond motifs is 3. The molecule has 0 aliphatic rings. The molecule has 7 aromatic rings. The summed E-state index contributed by atoms with van der Waals surface area (Å²) in [4.78, 5) is 4.77. The molecule has 4 aromatic carbocycles. The number of hydrogen-bond acceptors (Lipinski definition) is 3. The fraction of sp³-hybridized carbons (Fsp3) is 0.158. The molecule has 0 fully saturated rings. The van der Waals surface area contributed by atoms with Crippen molar-refractivity contribution in [3.63, 3.8) is 0 Å². The molecule has 0 amide bonds. The van der Waals surface area contributed by atoms with Gasteiger partial charge in [0, 0.05) is 40.9 Å². The number of para-hydroxylation sites is 1. The van der Waals surface area contributed by atoms with Crippen LogP contribution in [0.1, 0.15) is 37.5 Å². The summed E-state index contributed by atoms with van der Waals surface area (Å²) in [5.74, 6) is 2.17. The van der Waals surface area contributed by atoms with E-state index in [9.17, 15) is 8.78 Å². The average Bonchev–Trinajstić information content (AvgIpc) is 3.67. The Labute approximate surface area is 260 Å². The summed E-state index contributed by atoms with van der Waals surface area (Å²) in [7, 11) is 0. The van der Waals surface area contributed by atoms with E-state index in [1.807, 2.05) is 48.7 Å². The molecule has 0 radical (unpaired) electrons. The number of rotatable bonds is 7. The van der Waals surface area contributed by atoms with E-state index < -0.39 is 13.3 Å². The average molecular weight is 599 g/mol. The van der Waals surface area contributed by atoms with Crippen LogP contribution in [-0.2, 0) is 18.8 Å². The number of halogens is 2. The Morgan fingerprint density at radius 2 is 1.47 bits per heavy atom. The monoisotopic (exact) mass is 598 g/mol. The van der Waals surface area contributed by atoms with Gasteiger partial charge >= 0.3 is 0 Å². The van der Waals surface area contributed by atoms with E-state index in [0.29, 0.717) is 33.8 Å². The van der Waals surface area contributed by atoms with Crippen LogP contribution in [-0.4, -0.2) is 19.3 Å². The van der Waals surface area contributed by atoms with E-state index in [2.05, 4.69) is 66.8 Å². The van der Waals surface area contributed by atoms with Gasteiger partial charge in [0.05, 0.1) is 22.9 Å². The Morgan fingerprint density at radius 3 is 2.24 bits per heavy atom. The molecule has 224 valence electrons. The van der Waals surface area contributed by atoms with E-state index in [0.717, 1.165) is 33.3 Å². The Balaban J connectivity index is 1.25. The molecule has 45 heavy (non-hydrogen) atoms. The second kappa shape index (κ2) is 11.3. The van der Waals surface area contributed by atoms with Gasteiger partial charge in [-0.05, 0) is 70.1 Å². The zero-order chi connectivity index (χ0) is 31.1. The number of nitrogens with zero attached hydrogens (tertiary/aromatic N) is 4. The molecule has 5 nitrogen and oxygen atoms in total. The standard InChI is InChI=1S/C38H32F2N4O/c1-38(2,3)28-16-17-41-36(18-28)44-34-13-5-4-12-32(34)33-15-14-31(20-35(33)44)45-30-11-7-10-29(19-30)43-24-27(23-42-43)37-25(21-39)8-6-9-26(37)22-40/h4-20,23-24H,21-22H2,1-3H3. The van der Waals surface area contributed by atoms with Gasteiger partial charge in [0.15, 0.2) is 0 Å². The van der Waals surface area contributed by atoms with Crippen molar-refractivity contribution >= 4 is 21.8 Å². The molecule has 3 heterocycles. The van der Waals surface area contributed by atoms with Crippen LogP contribution in [0.4, 0.5) is 8.78 Å². The van der Waals surface area contributed by atoms with Crippen LogP contribution in [0.3, 0.4) is 0 Å². The highest BCUT2D eigenvalue weighted by Gasteiger charge is 2.18. The normalized spacial score (nSPS) is 11.8. The lowest BCUT2D eigenvalue weighted by Gasteiger charge is -2.20. The van der Waals surface area contributed by atoms with Crippen LogP contribution in [0.25, 0.3) is 44.4 Å². The Bertz CT molecular complexity index is 2150. The molecule has 0 unspecified atom stereocenters. The number of alkyl halides is 2. The van der Waals surface area contributed by atoms with Gasteiger partial charge in [0.1, 0.15) is 30.7 Å². The number of pyridine rings is 1. The van der Waals surface area contributed by atoms with Gasteiger partial charge in [-0.2, -0.15) is 5.10 Å². The lowest BCUT2D eigenvalue weighted by molar-refractivity contribution is 0.476. The third kappa shape index (κ3) is 5.24. The first-order valence-corrected chi connectivity index (χ1v) is 14.9. The predicted octanol–water partition coefficient (Wildman–Crippen LogP) is 10.1. The van der Waals surface area contributed by atoms with Crippen molar-refractivity contribution in [3.8, 4) is 34.1 Å². The highest BCUT2D eigenvalue weighted by molar-refractivity contribution is 6.09. The number of ether oxygens (including phenoxy) is 1. The topological polar surface area (TPSA) is 44.9 Å². The number of benzene rings is 4. The van der Waals surface area contributed by atoms with Gasteiger partial charge in [0.25, 0.3) is 0 Å². The van der Waals surface area contributed by atoms with Crippen LogP contribution in [0.5, 0.6) is 11.5 Å². The number of aromatic nitrogens is 4. The van der Waals surface area contributed by atoms with E-state index in [-0.39, 0.29) is 5.41 Å². The van der Waals surface area contributed by atoms with Crippen molar-refractivity contribution < 1.29 is 13.5 Å². The quantitative estimate of drug-likeness (QED) is 0.183. The maximum Gasteiger partial charge on any atom is 0.137 e. The van der Waals surface area contributed by atoms with Gasteiger partial charge in [-0.25, -0.2) is 18.4 Å². The maximum absolute atomic E-state index is 13.8. The smallest absolute Gasteiger partial charge is 0.137 e. The zero-order valence-electron chi connectivity index (χ0n) is 25.3. The highest BCUT2D eigenvalue weighted by Crippen LogP contribution is 2.36. The minimum absolute atomic E-state index is 0.0166. The fourth-order valence-electron chi connectivity index (χ4n) is 5.93. The summed E-state index contributed by atoms with van der Waals surface area (Å²) in [5, 5.41) is 6.76. The van der Waals surface area contributed by atoms with E-state index in [1.54, 1.807) is 35.3 Å². The summed E-state index contributed by atoms with van der Waals surface area (Å²) in [5.41, 5.74) is 6.11. The van der Waals surface area contributed by atoms with Crippen LogP contribution < -0.4 is 4.74 Å². The lowest BCUT2D eigenvalue weighted by Crippen LogP contribution is -2.12. The minimum Gasteiger partial charge on any atom is -0.457 e. The van der Waals surface area contributed by atoms with Gasteiger partial charge in [-0.3, -0.25) is 4.57 Å². The molecular formula is C38H32F2N4O. The zero-order valence-corrected chi connectivity index (χ0v) is 25.3. The summed E-state index contributed by atoms with van der Waals surface area (Å²) >= 11 is 0. The first-order chi connectivity index (χ1) is 21.8. The molecule has 0 bridgehead atoms. The molecule has 0 atom stereocenters. The van der Waals surface area contributed by atoms with Crippen molar-refractivity contribution in [2.75, 3.05) is 0 Å². The van der Waals surface area contributed by atoms with Gasteiger partial charge in [-0.15, -0.1) is 0 Å².